The van der Waals surface area contributed by atoms with Crippen molar-refractivity contribution in [1.82, 2.24) is 14.9 Å². The predicted octanol–water partition coefficient (Wildman–Crippen LogP) is 4.12. The zero-order valence-corrected chi connectivity index (χ0v) is 27.0. The van der Waals surface area contributed by atoms with E-state index < -0.39 is 35.3 Å². The molecule has 250 valence electrons. The molecule has 0 spiro atoms. The smallest absolute Gasteiger partial charge is 0.351 e. The molecule has 3 N–H and O–H groups in total. The van der Waals surface area contributed by atoms with Crippen LogP contribution in [0.2, 0.25) is 0 Å². The first-order chi connectivity index (χ1) is 23.9. The van der Waals surface area contributed by atoms with Crippen LogP contribution in [0.25, 0.3) is 0 Å². The molecule has 2 bridgehead atoms. The molecule has 2 aliphatic rings. The molecule has 5 aromatic rings. The molecular formula is C38H36N4O7. The maximum absolute atomic E-state index is 13.3. The molecule has 0 radical (unpaired) electrons. The SMILES string of the molecule is COc1ccc(C(OC[C@@]23CN[C@@H]([C@H](n4ccc(NC(=O)c5ccccc5)nc4=O)O2)[C@@H]3O)(c2ccccc2)c2ccc(OC)cc2)cc1. The van der Waals surface area contributed by atoms with Crippen molar-refractivity contribution in [3.63, 3.8) is 0 Å². The summed E-state index contributed by atoms with van der Waals surface area (Å²) >= 11 is 0. The Balaban J connectivity index is 1.20. The summed E-state index contributed by atoms with van der Waals surface area (Å²) in [6.45, 7) is 0.257. The lowest BCUT2D eigenvalue weighted by Crippen LogP contribution is -2.50. The highest BCUT2D eigenvalue weighted by molar-refractivity contribution is 6.03. The average molecular weight is 661 g/mol. The van der Waals surface area contributed by atoms with Crippen molar-refractivity contribution < 1.29 is 28.8 Å². The number of nitrogens with one attached hydrogen (secondary N) is 2. The summed E-state index contributed by atoms with van der Waals surface area (Å²) in [5.41, 5.74) is 0.00134. The number of hydrogen-bond acceptors (Lipinski definition) is 9. The van der Waals surface area contributed by atoms with Crippen molar-refractivity contribution in [2.45, 2.75) is 29.6 Å². The highest BCUT2D eigenvalue weighted by Gasteiger charge is 2.61. The largest absolute Gasteiger partial charge is 0.497 e. The van der Waals surface area contributed by atoms with Gasteiger partial charge in [0, 0.05) is 18.3 Å². The molecule has 3 heterocycles. The number of carbonyl (C=O) groups excluding carboxylic acids is 1. The second kappa shape index (κ2) is 13.3. The fourth-order valence-electron chi connectivity index (χ4n) is 6.67. The number of aliphatic hydroxyl groups excluding tert-OH is 1. The van der Waals surface area contributed by atoms with E-state index in [2.05, 4.69) is 15.6 Å². The molecule has 1 amide bonds. The summed E-state index contributed by atoms with van der Waals surface area (Å²) in [7, 11) is 3.24. The third kappa shape index (κ3) is 5.87. The van der Waals surface area contributed by atoms with E-state index in [0.29, 0.717) is 23.6 Å². The van der Waals surface area contributed by atoms with Crippen LogP contribution < -0.4 is 25.8 Å². The van der Waals surface area contributed by atoms with Crippen LogP contribution in [0.15, 0.2) is 126 Å². The second-order valence-corrected chi connectivity index (χ2v) is 12.0. The van der Waals surface area contributed by atoms with Crippen LogP contribution in [-0.4, -0.2) is 65.7 Å². The van der Waals surface area contributed by atoms with Gasteiger partial charge < -0.3 is 34.7 Å². The lowest BCUT2D eigenvalue weighted by atomic mass is 9.79. The van der Waals surface area contributed by atoms with Gasteiger partial charge in [-0.15, -0.1) is 0 Å². The standard InChI is InChI=1S/C38H36N4O7/c1-46-29-17-13-27(14-18-29)38(26-11-7-4-8-12-26,28-15-19-30(47-2)20-16-28)48-24-37-23-39-32(33(37)43)35(49-37)42-22-21-31(41-36(42)45)40-34(44)25-9-5-3-6-10-25/h3-22,32-33,35,39,43H,23-24H2,1-2H3,(H,40,41,44,45)/t32-,33+,35-,37-/m1/s1. The lowest BCUT2D eigenvalue weighted by Gasteiger charge is -2.40. The highest BCUT2D eigenvalue weighted by Crippen LogP contribution is 2.46. The normalized spacial score (nSPS) is 21.3. The van der Waals surface area contributed by atoms with Crippen molar-refractivity contribution in [2.75, 3.05) is 32.7 Å². The number of anilines is 1. The number of ether oxygens (including phenoxy) is 4. The second-order valence-electron chi connectivity index (χ2n) is 12.0. The number of rotatable bonds is 11. The zero-order chi connectivity index (χ0) is 34.0. The summed E-state index contributed by atoms with van der Waals surface area (Å²) in [5.74, 6) is 1.12. The quantitative estimate of drug-likeness (QED) is 0.179. The minimum Gasteiger partial charge on any atom is -0.497 e. The van der Waals surface area contributed by atoms with Gasteiger partial charge in [0.05, 0.1) is 26.9 Å². The Morgan fingerprint density at radius 2 is 1.47 bits per heavy atom. The van der Waals surface area contributed by atoms with Crippen LogP contribution in [0, 0.1) is 0 Å². The van der Waals surface area contributed by atoms with Crippen LogP contribution >= 0.6 is 0 Å². The summed E-state index contributed by atoms with van der Waals surface area (Å²) in [4.78, 5) is 30.0. The minimum absolute atomic E-state index is 0.0332. The molecule has 2 aliphatic heterocycles. The van der Waals surface area contributed by atoms with Gasteiger partial charge in [0.15, 0.2) is 6.23 Å². The highest BCUT2D eigenvalue weighted by atomic mass is 16.6. The average Bonchev–Trinajstić information content (AvgIpc) is 3.61. The number of methoxy groups -OCH3 is 2. The maximum Gasteiger partial charge on any atom is 0.351 e. The Hall–Kier alpha value is -5.33. The van der Waals surface area contributed by atoms with Gasteiger partial charge >= 0.3 is 5.69 Å². The van der Waals surface area contributed by atoms with E-state index in [1.165, 1.54) is 16.8 Å². The minimum atomic E-state index is -1.20. The third-order valence-corrected chi connectivity index (χ3v) is 9.27. The number of nitrogens with zero attached hydrogens (tertiary/aromatic N) is 2. The number of benzene rings is 4. The number of amides is 1. The van der Waals surface area contributed by atoms with E-state index in [1.807, 2.05) is 84.9 Å². The van der Waals surface area contributed by atoms with E-state index in [9.17, 15) is 14.7 Å². The molecule has 0 aliphatic carbocycles. The van der Waals surface area contributed by atoms with Gasteiger partial charge in [0.25, 0.3) is 5.91 Å². The molecule has 11 heteroatoms. The van der Waals surface area contributed by atoms with Gasteiger partial charge in [-0.3, -0.25) is 9.36 Å². The summed E-state index contributed by atoms with van der Waals surface area (Å²) in [6, 6.07) is 34.8. The molecular weight excluding hydrogens is 624 g/mol. The van der Waals surface area contributed by atoms with Crippen LogP contribution in [0.4, 0.5) is 5.82 Å². The van der Waals surface area contributed by atoms with Crippen molar-refractivity contribution in [3.05, 3.63) is 154 Å². The molecule has 0 saturated carbocycles. The number of aliphatic hydroxyl groups is 1. The monoisotopic (exact) mass is 660 g/mol. The fourth-order valence-corrected chi connectivity index (χ4v) is 6.67. The molecule has 1 aromatic heterocycles. The van der Waals surface area contributed by atoms with Crippen LogP contribution in [0.1, 0.15) is 33.3 Å². The number of aromatic nitrogens is 2. The fraction of sp³-hybridized carbons (Fsp3) is 0.237. The number of hydrogen-bond donors (Lipinski definition) is 3. The molecule has 49 heavy (non-hydrogen) atoms. The summed E-state index contributed by atoms with van der Waals surface area (Å²) < 4.78 is 25.9. The first-order valence-electron chi connectivity index (χ1n) is 15.9. The Labute approximate surface area is 283 Å². The number of fused-ring (bicyclic) bond motifs is 2. The third-order valence-electron chi connectivity index (χ3n) is 9.27. The van der Waals surface area contributed by atoms with Gasteiger partial charge in [-0.1, -0.05) is 72.8 Å². The molecule has 4 atom stereocenters. The molecule has 2 saturated heterocycles. The van der Waals surface area contributed by atoms with Crippen molar-refractivity contribution in [1.29, 1.82) is 0 Å². The van der Waals surface area contributed by atoms with E-state index in [-0.39, 0.29) is 18.3 Å². The van der Waals surface area contributed by atoms with Gasteiger partial charge in [0.1, 0.15) is 34.6 Å². The van der Waals surface area contributed by atoms with Crippen LogP contribution in [0.3, 0.4) is 0 Å². The molecule has 0 unspecified atom stereocenters. The zero-order valence-electron chi connectivity index (χ0n) is 27.0. The molecule has 7 rings (SSSR count). The van der Waals surface area contributed by atoms with E-state index in [0.717, 1.165) is 16.7 Å². The van der Waals surface area contributed by atoms with E-state index in [4.69, 9.17) is 18.9 Å². The Kier molecular flexibility index (Phi) is 8.74. The van der Waals surface area contributed by atoms with Gasteiger partial charge in [-0.2, -0.15) is 4.98 Å². The van der Waals surface area contributed by atoms with Gasteiger partial charge in [-0.05, 0) is 59.2 Å². The first kappa shape index (κ1) is 32.2. The summed E-state index contributed by atoms with van der Waals surface area (Å²) in [6.07, 6.45) is -0.380. The van der Waals surface area contributed by atoms with Crippen molar-refractivity contribution >= 4 is 11.7 Å². The van der Waals surface area contributed by atoms with Gasteiger partial charge in [-0.25, -0.2) is 4.79 Å². The van der Waals surface area contributed by atoms with E-state index >= 15 is 0 Å². The first-order valence-corrected chi connectivity index (χ1v) is 15.9. The Morgan fingerprint density at radius 1 is 0.898 bits per heavy atom. The summed E-state index contributed by atoms with van der Waals surface area (Å²) in [5, 5.41) is 17.6. The number of morpholine rings is 1. The number of carbonyl (C=O) groups is 1. The van der Waals surface area contributed by atoms with Gasteiger partial charge in [0.2, 0.25) is 0 Å². The molecule has 2 fully saturated rings. The topological polar surface area (TPSA) is 133 Å². The van der Waals surface area contributed by atoms with Crippen LogP contribution in [-0.2, 0) is 15.1 Å². The molecule has 4 aromatic carbocycles. The predicted molar refractivity (Wildman–Crippen MR) is 182 cm³/mol. The van der Waals surface area contributed by atoms with Crippen LogP contribution in [0.5, 0.6) is 11.5 Å². The molecule has 11 nitrogen and oxygen atoms in total. The maximum atomic E-state index is 13.3. The van der Waals surface area contributed by atoms with Crippen molar-refractivity contribution in [2.24, 2.45) is 0 Å². The van der Waals surface area contributed by atoms with E-state index in [1.54, 1.807) is 38.5 Å². The van der Waals surface area contributed by atoms with Crippen molar-refractivity contribution in [3.8, 4) is 11.5 Å². The lowest BCUT2D eigenvalue weighted by molar-refractivity contribution is -0.162. The Bertz CT molecular complexity index is 1920. The Morgan fingerprint density at radius 3 is 2.04 bits per heavy atom.